The molecule has 0 bridgehead atoms. The fraction of sp³-hybridized carbons (Fsp3) is 0.895. The molecule has 0 radical (unpaired) electrons. The van der Waals surface area contributed by atoms with E-state index in [4.69, 9.17) is 23.7 Å². The SMILES string of the molecule is C=CCC1O[C@@H]([C@H]2COC(C)(C)O2)C2OC3(CCCCC3)OC2C1O. The van der Waals surface area contributed by atoms with Crippen molar-refractivity contribution < 1.29 is 28.8 Å². The summed E-state index contributed by atoms with van der Waals surface area (Å²) in [5.41, 5.74) is 0. The van der Waals surface area contributed by atoms with Crippen LogP contribution in [0.1, 0.15) is 52.4 Å². The molecule has 1 saturated carbocycles. The van der Waals surface area contributed by atoms with Gasteiger partial charge in [0.05, 0.1) is 12.7 Å². The summed E-state index contributed by atoms with van der Waals surface area (Å²) in [6, 6.07) is 0. The van der Waals surface area contributed by atoms with Gasteiger partial charge in [0.1, 0.15) is 30.5 Å². The van der Waals surface area contributed by atoms with Gasteiger partial charge in [-0.3, -0.25) is 0 Å². The van der Waals surface area contributed by atoms with Gasteiger partial charge in [-0.15, -0.1) is 6.58 Å². The monoisotopic (exact) mass is 354 g/mol. The molecule has 4 unspecified atom stereocenters. The zero-order chi connectivity index (χ0) is 17.7. The van der Waals surface area contributed by atoms with E-state index >= 15 is 0 Å². The summed E-state index contributed by atoms with van der Waals surface area (Å²) in [5, 5.41) is 10.8. The highest BCUT2D eigenvalue weighted by Gasteiger charge is 2.60. The van der Waals surface area contributed by atoms with Gasteiger partial charge in [0, 0.05) is 12.8 Å². The van der Waals surface area contributed by atoms with Crippen LogP contribution in [0.25, 0.3) is 0 Å². The number of hydrogen-bond acceptors (Lipinski definition) is 6. The third kappa shape index (κ3) is 3.29. The highest BCUT2D eigenvalue weighted by atomic mass is 16.8. The topological polar surface area (TPSA) is 66.4 Å². The van der Waals surface area contributed by atoms with Crippen molar-refractivity contribution in [1.29, 1.82) is 0 Å². The molecular formula is C19H30O6. The molecule has 3 aliphatic heterocycles. The number of rotatable bonds is 3. The van der Waals surface area contributed by atoms with E-state index in [0.717, 1.165) is 25.7 Å². The van der Waals surface area contributed by atoms with E-state index in [9.17, 15) is 5.11 Å². The Morgan fingerprint density at radius 3 is 2.40 bits per heavy atom. The van der Waals surface area contributed by atoms with Crippen molar-refractivity contribution in [1.82, 2.24) is 0 Å². The Balaban J connectivity index is 1.58. The predicted molar refractivity (Wildman–Crippen MR) is 89.9 cm³/mol. The van der Waals surface area contributed by atoms with Crippen LogP contribution in [0.4, 0.5) is 0 Å². The van der Waals surface area contributed by atoms with Crippen LogP contribution in [0.2, 0.25) is 0 Å². The summed E-state index contributed by atoms with van der Waals surface area (Å²) in [6.07, 6.45) is 5.10. The molecule has 4 fully saturated rings. The number of fused-ring (bicyclic) bond motifs is 1. The molecular weight excluding hydrogens is 324 g/mol. The first-order valence-corrected chi connectivity index (χ1v) is 9.55. The number of aliphatic hydroxyl groups excluding tert-OH is 1. The number of ether oxygens (including phenoxy) is 5. The fourth-order valence-electron chi connectivity index (χ4n) is 4.61. The number of hydrogen-bond donors (Lipinski definition) is 1. The third-order valence-corrected chi connectivity index (χ3v) is 5.81. The first kappa shape index (κ1) is 17.9. The van der Waals surface area contributed by atoms with Crippen molar-refractivity contribution in [2.75, 3.05) is 6.61 Å². The molecule has 0 amide bonds. The molecule has 6 atom stereocenters. The van der Waals surface area contributed by atoms with Crippen LogP contribution < -0.4 is 0 Å². The molecule has 4 aliphatic rings. The summed E-state index contributed by atoms with van der Waals surface area (Å²) in [5.74, 6) is -1.20. The second kappa shape index (κ2) is 6.59. The lowest BCUT2D eigenvalue weighted by Gasteiger charge is -2.41. The Bertz CT molecular complexity index is 500. The summed E-state index contributed by atoms with van der Waals surface area (Å²) in [6.45, 7) is 8.04. The zero-order valence-corrected chi connectivity index (χ0v) is 15.2. The van der Waals surface area contributed by atoms with Gasteiger partial charge in [0.2, 0.25) is 0 Å². The van der Waals surface area contributed by atoms with Crippen LogP contribution in [0, 0.1) is 0 Å². The Morgan fingerprint density at radius 2 is 1.76 bits per heavy atom. The Labute approximate surface area is 149 Å². The van der Waals surface area contributed by atoms with Gasteiger partial charge in [-0.25, -0.2) is 0 Å². The van der Waals surface area contributed by atoms with Crippen LogP contribution in [-0.4, -0.2) is 59.9 Å². The highest BCUT2D eigenvalue weighted by molar-refractivity contribution is 5.04. The van der Waals surface area contributed by atoms with Crippen molar-refractivity contribution in [2.45, 2.75) is 101 Å². The summed E-state index contributed by atoms with van der Waals surface area (Å²) < 4.78 is 30.8. The zero-order valence-electron chi connectivity index (χ0n) is 15.2. The van der Waals surface area contributed by atoms with Crippen molar-refractivity contribution in [3.63, 3.8) is 0 Å². The maximum atomic E-state index is 10.8. The second-order valence-corrected chi connectivity index (χ2v) is 8.16. The van der Waals surface area contributed by atoms with Gasteiger partial charge in [0.15, 0.2) is 11.6 Å². The standard InChI is InChI=1S/C19H30O6/c1-4-8-12-14(20)16-17(25-19(24-16)9-6-5-7-10-19)15(22-12)13-11-21-18(2,3)23-13/h4,12-17,20H,1,5-11H2,2-3H3/t12?,13-,14?,15+,16?,17?/m1/s1. The molecule has 0 aromatic heterocycles. The minimum absolute atomic E-state index is 0.232. The van der Waals surface area contributed by atoms with Crippen LogP contribution in [-0.2, 0) is 23.7 Å². The molecule has 6 heteroatoms. The Hall–Kier alpha value is -0.500. The predicted octanol–water partition coefficient (Wildman–Crippen LogP) is 2.29. The quantitative estimate of drug-likeness (QED) is 0.785. The molecule has 0 aromatic carbocycles. The fourth-order valence-corrected chi connectivity index (χ4v) is 4.61. The minimum Gasteiger partial charge on any atom is -0.388 e. The van der Waals surface area contributed by atoms with Gasteiger partial charge >= 0.3 is 0 Å². The maximum absolute atomic E-state index is 10.8. The average Bonchev–Trinajstić information content (AvgIpc) is 3.12. The Kier molecular flexibility index (Phi) is 4.71. The van der Waals surface area contributed by atoms with Crippen molar-refractivity contribution in [3.8, 4) is 0 Å². The van der Waals surface area contributed by atoms with E-state index in [0.29, 0.717) is 13.0 Å². The molecule has 3 heterocycles. The van der Waals surface area contributed by atoms with Crippen LogP contribution in [0.5, 0.6) is 0 Å². The Morgan fingerprint density at radius 1 is 1.04 bits per heavy atom. The van der Waals surface area contributed by atoms with Gasteiger partial charge < -0.3 is 28.8 Å². The first-order chi connectivity index (χ1) is 11.9. The molecule has 1 aliphatic carbocycles. The largest absolute Gasteiger partial charge is 0.388 e. The minimum atomic E-state index is -0.726. The normalized spacial score (nSPS) is 45.4. The van der Waals surface area contributed by atoms with Gasteiger partial charge in [-0.1, -0.05) is 12.5 Å². The highest BCUT2D eigenvalue weighted by Crippen LogP contribution is 2.46. The lowest BCUT2D eigenvalue weighted by molar-refractivity contribution is -0.227. The molecule has 142 valence electrons. The lowest BCUT2D eigenvalue weighted by Crippen LogP contribution is -2.59. The average molecular weight is 354 g/mol. The van der Waals surface area contributed by atoms with Crippen LogP contribution in [0.3, 0.4) is 0 Å². The van der Waals surface area contributed by atoms with Crippen LogP contribution in [0.15, 0.2) is 12.7 Å². The molecule has 25 heavy (non-hydrogen) atoms. The van der Waals surface area contributed by atoms with E-state index in [1.165, 1.54) is 6.42 Å². The molecule has 1 N–H and O–H groups in total. The van der Waals surface area contributed by atoms with E-state index < -0.39 is 23.8 Å². The second-order valence-electron chi connectivity index (χ2n) is 8.16. The smallest absolute Gasteiger partial charge is 0.169 e. The summed E-state index contributed by atoms with van der Waals surface area (Å²) >= 11 is 0. The van der Waals surface area contributed by atoms with E-state index in [1.807, 2.05) is 13.8 Å². The summed E-state index contributed by atoms with van der Waals surface area (Å²) in [7, 11) is 0. The third-order valence-electron chi connectivity index (χ3n) is 5.81. The van der Waals surface area contributed by atoms with Crippen molar-refractivity contribution in [2.24, 2.45) is 0 Å². The molecule has 0 aromatic rings. The summed E-state index contributed by atoms with van der Waals surface area (Å²) in [4.78, 5) is 0. The molecule has 4 rings (SSSR count). The molecule has 1 spiro atoms. The molecule has 3 saturated heterocycles. The first-order valence-electron chi connectivity index (χ1n) is 9.55. The maximum Gasteiger partial charge on any atom is 0.169 e. The molecule has 6 nitrogen and oxygen atoms in total. The van der Waals surface area contributed by atoms with Crippen molar-refractivity contribution in [3.05, 3.63) is 12.7 Å². The van der Waals surface area contributed by atoms with E-state index in [1.54, 1.807) is 6.08 Å². The van der Waals surface area contributed by atoms with E-state index in [2.05, 4.69) is 6.58 Å². The van der Waals surface area contributed by atoms with E-state index in [-0.39, 0.29) is 24.4 Å². The van der Waals surface area contributed by atoms with Gasteiger partial charge in [-0.05, 0) is 33.1 Å². The van der Waals surface area contributed by atoms with Crippen molar-refractivity contribution >= 4 is 0 Å². The lowest BCUT2D eigenvalue weighted by atomic mass is 9.91. The van der Waals surface area contributed by atoms with Gasteiger partial charge in [0.25, 0.3) is 0 Å². The number of aliphatic hydroxyl groups is 1. The van der Waals surface area contributed by atoms with Crippen LogP contribution >= 0.6 is 0 Å². The van der Waals surface area contributed by atoms with Gasteiger partial charge in [-0.2, -0.15) is 0 Å².